The zero-order valence-corrected chi connectivity index (χ0v) is 6.88. The SMILES string of the molecule is COP1Oc2ccccc2O1. The van der Waals surface area contributed by atoms with Crippen LogP contribution in [0.5, 0.6) is 11.5 Å². The van der Waals surface area contributed by atoms with E-state index in [1.54, 1.807) is 7.11 Å². The molecule has 1 aromatic rings. The van der Waals surface area contributed by atoms with Gasteiger partial charge in [0.2, 0.25) is 0 Å². The van der Waals surface area contributed by atoms with Crippen LogP contribution >= 0.6 is 8.60 Å². The summed E-state index contributed by atoms with van der Waals surface area (Å²) in [5, 5.41) is 0. The molecule has 4 heteroatoms. The van der Waals surface area contributed by atoms with E-state index in [0.717, 1.165) is 11.5 Å². The van der Waals surface area contributed by atoms with E-state index in [4.69, 9.17) is 13.6 Å². The molecule has 1 aliphatic heterocycles. The van der Waals surface area contributed by atoms with Crippen LogP contribution in [0.2, 0.25) is 0 Å². The van der Waals surface area contributed by atoms with E-state index in [9.17, 15) is 0 Å². The first-order chi connectivity index (χ1) is 5.40. The van der Waals surface area contributed by atoms with Crippen molar-refractivity contribution < 1.29 is 13.6 Å². The van der Waals surface area contributed by atoms with E-state index in [0.29, 0.717) is 0 Å². The molecule has 0 atom stereocenters. The molecule has 0 saturated carbocycles. The second-order valence-electron chi connectivity index (χ2n) is 2.04. The third-order valence-corrected chi connectivity index (χ3v) is 2.33. The summed E-state index contributed by atoms with van der Waals surface area (Å²) < 4.78 is 15.5. The van der Waals surface area contributed by atoms with Crippen LogP contribution in [-0.2, 0) is 4.52 Å². The largest absolute Gasteiger partial charge is 0.463 e. The third-order valence-electron chi connectivity index (χ3n) is 1.34. The molecule has 2 rings (SSSR count). The Morgan fingerprint density at radius 2 is 1.73 bits per heavy atom. The van der Waals surface area contributed by atoms with Crippen molar-refractivity contribution in [3.05, 3.63) is 24.3 Å². The molecule has 0 fully saturated rings. The van der Waals surface area contributed by atoms with E-state index in [1.807, 2.05) is 24.3 Å². The zero-order chi connectivity index (χ0) is 7.68. The van der Waals surface area contributed by atoms with E-state index < -0.39 is 8.60 Å². The van der Waals surface area contributed by atoms with Crippen molar-refractivity contribution in [2.45, 2.75) is 0 Å². The van der Waals surface area contributed by atoms with Gasteiger partial charge in [0.05, 0.1) is 0 Å². The first-order valence-electron chi connectivity index (χ1n) is 3.19. The molecule has 0 aliphatic carbocycles. The monoisotopic (exact) mass is 170 g/mol. The van der Waals surface area contributed by atoms with Gasteiger partial charge in [-0.1, -0.05) is 12.1 Å². The Morgan fingerprint density at radius 3 is 2.18 bits per heavy atom. The van der Waals surface area contributed by atoms with E-state index in [-0.39, 0.29) is 0 Å². The van der Waals surface area contributed by atoms with Gasteiger partial charge in [-0.2, -0.15) is 0 Å². The lowest BCUT2D eigenvalue weighted by molar-refractivity contribution is 0.352. The lowest BCUT2D eigenvalue weighted by atomic mass is 10.3. The molecule has 0 amide bonds. The summed E-state index contributed by atoms with van der Waals surface area (Å²) in [5.74, 6) is 1.53. The summed E-state index contributed by atoms with van der Waals surface area (Å²) in [4.78, 5) is 0. The van der Waals surface area contributed by atoms with Gasteiger partial charge in [-0.25, -0.2) is 0 Å². The van der Waals surface area contributed by atoms with Gasteiger partial charge < -0.3 is 9.05 Å². The molecular formula is C7H7O3P. The number of rotatable bonds is 1. The number of benzene rings is 1. The molecule has 11 heavy (non-hydrogen) atoms. The standard InChI is InChI=1S/C7H7O3P/c1-8-11-9-6-4-2-3-5-7(6)10-11/h2-5H,1H3. The van der Waals surface area contributed by atoms with Gasteiger partial charge in [0, 0.05) is 7.11 Å². The van der Waals surface area contributed by atoms with Crippen molar-refractivity contribution in [1.82, 2.24) is 0 Å². The minimum Gasteiger partial charge on any atom is -0.414 e. The summed E-state index contributed by atoms with van der Waals surface area (Å²) in [6, 6.07) is 7.51. The predicted molar refractivity (Wildman–Crippen MR) is 41.6 cm³/mol. The Balaban J connectivity index is 2.27. The van der Waals surface area contributed by atoms with Gasteiger partial charge in [-0.3, -0.25) is 4.52 Å². The molecule has 3 nitrogen and oxygen atoms in total. The molecule has 0 N–H and O–H groups in total. The maximum atomic E-state index is 5.28. The van der Waals surface area contributed by atoms with Gasteiger partial charge in [-0.15, -0.1) is 0 Å². The Labute approximate surface area is 65.9 Å². The second-order valence-corrected chi connectivity index (χ2v) is 3.21. The highest BCUT2D eigenvalue weighted by molar-refractivity contribution is 7.43. The highest BCUT2D eigenvalue weighted by Crippen LogP contribution is 2.51. The Hall–Kier alpha value is -0.790. The first-order valence-corrected chi connectivity index (χ1v) is 4.29. The van der Waals surface area contributed by atoms with Gasteiger partial charge in [0.25, 0.3) is 0 Å². The highest BCUT2D eigenvalue weighted by Gasteiger charge is 2.25. The molecule has 58 valence electrons. The number of hydrogen-bond acceptors (Lipinski definition) is 3. The van der Waals surface area contributed by atoms with Crippen molar-refractivity contribution >= 4 is 8.60 Å². The fourth-order valence-electron chi connectivity index (χ4n) is 0.855. The van der Waals surface area contributed by atoms with Crippen LogP contribution in [-0.4, -0.2) is 7.11 Å². The van der Waals surface area contributed by atoms with Crippen molar-refractivity contribution in [2.24, 2.45) is 0 Å². The van der Waals surface area contributed by atoms with Crippen LogP contribution in [0.3, 0.4) is 0 Å². The molecule has 0 bridgehead atoms. The van der Waals surface area contributed by atoms with Crippen LogP contribution in [0, 0.1) is 0 Å². The lowest BCUT2D eigenvalue weighted by Crippen LogP contribution is -1.85. The number of hydrogen-bond donors (Lipinski definition) is 0. The third kappa shape index (κ3) is 1.17. The van der Waals surface area contributed by atoms with Crippen LogP contribution in [0.4, 0.5) is 0 Å². The minimum atomic E-state index is -1.17. The van der Waals surface area contributed by atoms with Gasteiger partial charge in [0.1, 0.15) is 0 Å². The maximum absolute atomic E-state index is 5.28. The number of para-hydroxylation sites is 2. The normalized spacial score (nSPS) is 15.4. The maximum Gasteiger partial charge on any atom is 0.463 e. The molecule has 1 aromatic carbocycles. The van der Waals surface area contributed by atoms with Crippen molar-refractivity contribution in [2.75, 3.05) is 7.11 Å². The van der Waals surface area contributed by atoms with Crippen LogP contribution in [0.25, 0.3) is 0 Å². The fourth-order valence-corrected chi connectivity index (χ4v) is 1.66. The molecule has 0 spiro atoms. The number of fused-ring (bicyclic) bond motifs is 1. The Bertz CT molecular complexity index is 239. The van der Waals surface area contributed by atoms with E-state index >= 15 is 0 Å². The smallest absolute Gasteiger partial charge is 0.414 e. The molecule has 0 unspecified atom stereocenters. The molecule has 0 saturated heterocycles. The van der Waals surface area contributed by atoms with Gasteiger partial charge in [0.15, 0.2) is 11.5 Å². The first kappa shape index (κ1) is 6.89. The topological polar surface area (TPSA) is 27.7 Å². The molecule has 1 aliphatic rings. The van der Waals surface area contributed by atoms with Crippen molar-refractivity contribution in [3.8, 4) is 11.5 Å². The van der Waals surface area contributed by atoms with Crippen molar-refractivity contribution in [1.29, 1.82) is 0 Å². The summed E-state index contributed by atoms with van der Waals surface area (Å²) in [5.41, 5.74) is 0. The predicted octanol–water partition coefficient (Wildman–Crippen LogP) is 2.33. The average molecular weight is 170 g/mol. The Morgan fingerprint density at radius 1 is 1.18 bits per heavy atom. The van der Waals surface area contributed by atoms with Crippen LogP contribution in [0.1, 0.15) is 0 Å². The molecule has 0 radical (unpaired) electrons. The summed E-state index contributed by atoms with van der Waals surface area (Å²) >= 11 is 0. The van der Waals surface area contributed by atoms with Gasteiger partial charge >= 0.3 is 8.60 Å². The van der Waals surface area contributed by atoms with E-state index in [1.165, 1.54) is 0 Å². The van der Waals surface area contributed by atoms with Gasteiger partial charge in [-0.05, 0) is 12.1 Å². The second kappa shape index (κ2) is 2.68. The zero-order valence-electron chi connectivity index (χ0n) is 5.98. The minimum absolute atomic E-state index is 0.764. The lowest BCUT2D eigenvalue weighted by Gasteiger charge is -2.01. The average Bonchev–Trinajstić information content (AvgIpc) is 2.46. The van der Waals surface area contributed by atoms with Crippen molar-refractivity contribution in [3.63, 3.8) is 0 Å². The summed E-state index contributed by atoms with van der Waals surface area (Å²) in [6.45, 7) is 0. The quantitative estimate of drug-likeness (QED) is 0.605. The molecular weight excluding hydrogens is 163 g/mol. The fraction of sp³-hybridized carbons (Fsp3) is 0.143. The summed E-state index contributed by atoms with van der Waals surface area (Å²) in [7, 11) is 0.397. The van der Waals surface area contributed by atoms with Crippen LogP contribution in [0.15, 0.2) is 24.3 Å². The Kier molecular flexibility index (Phi) is 1.68. The summed E-state index contributed by atoms with van der Waals surface area (Å²) in [6.07, 6.45) is 0. The van der Waals surface area contributed by atoms with Crippen LogP contribution < -0.4 is 9.05 Å². The van der Waals surface area contributed by atoms with E-state index in [2.05, 4.69) is 0 Å². The molecule has 0 aromatic heterocycles. The highest BCUT2D eigenvalue weighted by atomic mass is 31.2. The molecule has 1 heterocycles.